The van der Waals surface area contributed by atoms with E-state index >= 15 is 0 Å². The molecule has 5 N–H and O–H groups in total. The second-order valence-corrected chi connectivity index (χ2v) is 8.01. The molecule has 158 valence electrons. The molecule has 1 heterocycles. The van der Waals surface area contributed by atoms with E-state index < -0.39 is 58.6 Å². The second-order valence-electron chi connectivity index (χ2n) is 6.26. The fourth-order valence-corrected chi connectivity index (χ4v) is 2.95. The largest absolute Gasteiger partial charge is 0.480 e. The Morgan fingerprint density at radius 2 is 1.66 bits per heavy atom. The Kier molecular flexibility index (Phi) is 6.76. The predicted molar refractivity (Wildman–Crippen MR) is 97.5 cm³/mol. The Labute approximate surface area is 165 Å². The number of benzene rings is 1. The Morgan fingerprint density at radius 1 is 1.07 bits per heavy atom. The van der Waals surface area contributed by atoms with Crippen molar-refractivity contribution in [3.05, 3.63) is 29.8 Å². The number of carbonyl (C=O) groups is 4. The van der Waals surface area contributed by atoms with Gasteiger partial charge in [-0.15, -0.1) is 0 Å². The van der Waals surface area contributed by atoms with E-state index in [-0.39, 0.29) is 6.42 Å². The van der Waals surface area contributed by atoms with Crippen molar-refractivity contribution in [2.75, 3.05) is 17.5 Å². The maximum atomic E-state index is 12.1. The van der Waals surface area contributed by atoms with Crippen LogP contribution in [0.3, 0.4) is 0 Å². The molecule has 1 aliphatic heterocycles. The summed E-state index contributed by atoms with van der Waals surface area (Å²) in [5, 5.41) is 22.1. The number of ether oxygens (including phenoxy) is 1. The van der Waals surface area contributed by atoms with Crippen LogP contribution >= 0.6 is 0 Å². The standard InChI is InChI=1S/C16H19N3O9S/c1-29(26,27)19-9-4-2-8(3-5-9)6-10(16(24)25)18-15(23)13-12(28-13)14(22)17-7-11(20)21/h2-5,10,12-13,19H,6-7H2,1H3,(H,17,22)(H,18,23)(H,20,21)(H,24,25)/t10-,12-,13-/m0/s1. The molecule has 0 saturated carbocycles. The summed E-state index contributed by atoms with van der Waals surface area (Å²) in [4.78, 5) is 45.6. The number of rotatable bonds is 10. The van der Waals surface area contributed by atoms with Gasteiger partial charge in [0.05, 0.1) is 6.26 Å². The molecule has 1 aliphatic rings. The highest BCUT2D eigenvalue weighted by Crippen LogP contribution is 2.22. The van der Waals surface area contributed by atoms with E-state index in [0.717, 1.165) is 6.26 Å². The lowest BCUT2D eigenvalue weighted by Gasteiger charge is -2.14. The van der Waals surface area contributed by atoms with E-state index in [4.69, 9.17) is 9.84 Å². The van der Waals surface area contributed by atoms with Gasteiger partial charge in [0.1, 0.15) is 12.6 Å². The molecule has 29 heavy (non-hydrogen) atoms. The van der Waals surface area contributed by atoms with Crippen LogP contribution in [0.15, 0.2) is 24.3 Å². The zero-order chi connectivity index (χ0) is 21.8. The van der Waals surface area contributed by atoms with Gasteiger partial charge in [0, 0.05) is 12.1 Å². The summed E-state index contributed by atoms with van der Waals surface area (Å²) in [7, 11) is -3.45. The highest BCUT2D eigenvalue weighted by Gasteiger charge is 2.51. The van der Waals surface area contributed by atoms with Crippen LogP contribution in [0.5, 0.6) is 0 Å². The van der Waals surface area contributed by atoms with Gasteiger partial charge in [-0.1, -0.05) is 12.1 Å². The molecule has 12 nitrogen and oxygen atoms in total. The first-order valence-electron chi connectivity index (χ1n) is 8.21. The number of carboxylic acid groups (broad SMARTS) is 2. The Hall–Kier alpha value is -3.19. The number of carboxylic acids is 2. The van der Waals surface area contributed by atoms with Crippen molar-refractivity contribution in [3.63, 3.8) is 0 Å². The van der Waals surface area contributed by atoms with Crippen molar-refractivity contribution in [3.8, 4) is 0 Å². The first kappa shape index (κ1) is 22.1. The van der Waals surface area contributed by atoms with Gasteiger partial charge >= 0.3 is 11.9 Å². The number of aliphatic carboxylic acids is 2. The molecular formula is C16H19N3O9S. The molecule has 0 radical (unpaired) electrons. The average Bonchev–Trinajstić information content (AvgIpc) is 3.40. The number of carbonyl (C=O) groups excluding carboxylic acids is 2. The SMILES string of the molecule is CS(=O)(=O)Nc1ccc(C[C@H](NC(=O)[C@H]2O[C@@H]2C(=O)NCC(=O)O)C(=O)O)cc1. The second kappa shape index (κ2) is 8.87. The molecule has 1 aromatic rings. The van der Waals surface area contributed by atoms with E-state index in [9.17, 15) is 32.7 Å². The molecule has 1 saturated heterocycles. The predicted octanol–water partition coefficient (Wildman–Crippen LogP) is -1.86. The van der Waals surface area contributed by atoms with Gasteiger partial charge in [-0.25, -0.2) is 13.2 Å². The summed E-state index contributed by atoms with van der Waals surface area (Å²) in [6.45, 7) is -0.630. The Bertz CT molecular complexity index is 914. The number of hydrogen-bond donors (Lipinski definition) is 5. The molecule has 0 bridgehead atoms. The number of epoxide rings is 1. The lowest BCUT2D eigenvalue weighted by Crippen LogP contribution is -2.45. The number of amides is 2. The number of anilines is 1. The van der Waals surface area contributed by atoms with Crippen LogP contribution in [-0.2, 0) is 40.4 Å². The zero-order valence-electron chi connectivity index (χ0n) is 15.1. The molecule has 0 spiro atoms. The summed E-state index contributed by atoms with van der Waals surface area (Å²) in [5.74, 6) is -4.18. The topological polar surface area (TPSA) is 191 Å². The van der Waals surface area contributed by atoms with Crippen molar-refractivity contribution < 1.29 is 42.5 Å². The van der Waals surface area contributed by atoms with E-state index in [1.807, 2.05) is 0 Å². The van der Waals surface area contributed by atoms with Gasteiger partial charge in [0.25, 0.3) is 11.8 Å². The minimum absolute atomic E-state index is 0.0944. The smallest absolute Gasteiger partial charge is 0.326 e. The quantitative estimate of drug-likeness (QED) is 0.265. The molecule has 0 aliphatic carbocycles. The fraction of sp³-hybridized carbons (Fsp3) is 0.375. The van der Waals surface area contributed by atoms with Crippen LogP contribution < -0.4 is 15.4 Å². The first-order chi connectivity index (χ1) is 13.5. The molecule has 3 atom stereocenters. The lowest BCUT2D eigenvalue weighted by atomic mass is 10.1. The summed E-state index contributed by atoms with van der Waals surface area (Å²) >= 11 is 0. The first-order valence-corrected chi connectivity index (χ1v) is 10.1. The lowest BCUT2D eigenvalue weighted by molar-refractivity contribution is -0.142. The monoisotopic (exact) mass is 429 g/mol. The van der Waals surface area contributed by atoms with Crippen LogP contribution in [0.4, 0.5) is 5.69 Å². The summed E-state index contributed by atoms with van der Waals surface area (Å²) in [5.41, 5.74) is 0.818. The number of sulfonamides is 1. The minimum Gasteiger partial charge on any atom is -0.480 e. The third-order valence-electron chi connectivity index (χ3n) is 3.73. The van der Waals surface area contributed by atoms with Crippen LogP contribution in [0.1, 0.15) is 5.56 Å². The van der Waals surface area contributed by atoms with Crippen LogP contribution in [0.2, 0.25) is 0 Å². The van der Waals surface area contributed by atoms with Gasteiger partial charge < -0.3 is 25.6 Å². The van der Waals surface area contributed by atoms with Gasteiger partial charge in [-0.2, -0.15) is 0 Å². The van der Waals surface area contributed by atoms with Gasteiger partial charge in [0.2, 0.25) is 10.0 Å². The molecule has 2 amide bonds. The van der Waals surface area contributed by atoms with Crippen LogP contribution in [0, 0.1) is 0 Å². The third kappa shape index (κ3) is 7.04. The van der Waals surface area contributed by atoms with Crippen LogP contribution in [-0.4, -0.2) is 73.4 Å². The van der Waals surface area contributed by atoms with Gasteiger partial charge in [-0.05, 0) is 17.7 Å². The van der Waals surface area contributed by atoms with Gasteiger partial charge in [0.15, 0.2) is 12.2 Å². The van der Waals surface area contributed by atoms with Crippen molar-refractivity contribution >= 4 is 39.5 Å². The molecule has 0 unspecified atom stereocenters. The molecule has 1 aromatic carbocycles. The normalized spacial score (nSPS) is 18.9. The molecule has 2 rings (SSSR count). The van der Waals surface area contributed by atoms with E-state index in [0.29, 0.717) is 11.3 Å². The summed E-state index contributed by atoms with van der Waals surface area (Å²) in [6.07, 6.45) is -1.48. The number of hydrogen-bond acceptors (Lipinski definition) is 7. The summed E-state index contributed by atoms with van der Waals surface area (Å²) < 4.78 is 29.5. The average molecular weight is 429 g/mol. The maximum Gasteiger partial charge on any atom is 0.326 e. The number of nitrogens with one attached hydrogen (secondary N) is 3. The Balaban J connectivity index is 1.92. The molecule has 0 aromatic heterocycles. The van der Waals surface area contributed by atoms with E-state index in [2.05, 4.69) is 15.4 Å². The van der Waals surface area contributed by atoms with Gasteiger partial charge in [-0.3, -0.25) is 19.1 Å². The zero-order valence-corrected chi connectivity index (χ0v) is 15.9. The van der Waals surface area contributed by atoms with E-state index in [1.165, 1.54) is 24.3 Å². The van der Waals surface area contributed by atoms with E-state index in [1.54, 1.807) is 0 Å². The minimum atomic E-state index is -3.45. The van der Waals surface area contributed by atoms with Crippen molar-refractivity contribution in [2.45, 2.75) is 24.7 Å². The molecular weight excluding hydrogens is 410 g/mol. The van der Waals surface area contributed by atoms with Crippen molar-refractivity contribution in [1.82, 2.24) is 10.6 Å². The van der Waals surface area contributed by atoms with Crippen molar-refractivity contribution in [2.24, 2.45) is 0 Å². The maximum absolute atomic E-state index is 12.1. The van der Waals surface area contributed by atoms with Crippen LogP contribution in [0.25, 0.3) is 0 Å². The highest BCUT2D eigenvalue weighted by atomic mass is 32.2. The third-order valence-corrected chi connectivity index (χ3v) is 4.34. The van der Waals surface area contributed by atoms with Crippen molar-refractivity contribution in [1.29, 1.82) is 0 Å². The fourth-order valence-electron chi connectivity index (χ4n) is 2.39. The molecule has 1 fully saturated rings. The highest BCUT2D eigenvalue weighted by molar-refractivity contribution is 7.92. The summed E-state index contributed by atoms with van der Waals surface area (Å²) in [6, 6.07) is 4.59. The molecule has 13 heteroatoms. The Morgan fingerprint density at radius 3 is 2.17 bits per heavy atom.